The molecule has 0 aliphatic heterocycles. The van der Waals surface area contributed by atoms with Crippen LogP contribution in [0.5, 0.6) is 0 Å². The number of ether oxygens (including phenoxy) is 1. The average Bonchev–Trinajstić information content (AvgIpc) is 2.49. The average molecular weight is 332 g/mol. The van der Waals surface area contributed by atoms with Gasteiger partial charge < -0.3 is 9.84 Å². The molecule has 0 bridgehead atoms. The minimum atomic E-state index is -1.03. The zero-order valence-electron chi connectivity index (χ0n) is 16.1. The third-order valence-electron chi connectivity index (χ3n) is 5.78. The number of hydrogen-bond donors (Lipinski definition) is 1. The van der Waals surface area contributed by atoms with E-state index in [-0.39, 0.29) is 17.8 Å². The van der Waals surface area contributed by atoms with Crippen molar-refractivity contribution in [2.45, 2.75) is 84.2 Å². The van der Waals surface area contributed by atoms with E-state index in [0.717, 1.165) is 6.42 Å². The first-order valence-electron chi connectivity index (χ1n) is 8.99. The Morgan fingerprint density at radius 2 is 2.00 bits per heavy atom. The van der Waals surface area contributed by atoms with E-state index in [4.69, 9.17) is 0 Å². The van der Waals surface area contributed by atoms with E-state index in [9.17, 15) is 9.90 Å². The number of methoxy groups -OCH3 is 1. The van der Waals surface area contributed by atoms with Gasteiger partial charge in [-0.3, -0.25) is 4.79 Å². The summed E-state index contributed by atoms with van der Waals surface area (Å²) in [5.41, 5.74) is 6.22. The summed E-state index contributed by atoms with van der Waals surface area (Å²) in [4.78, 5) is 11.5. The first-order valence-corrected chi connectivity index (χ1v) is 8.99. The van der Waals surface area contributed by atoms with E-state index in [0.29, 0.717) is 6.42 Å². The number of carbonyl (C=O) groups is 1. The minimum Gasteiger partial charge on any atom is -0.469 e. The Morgan fingerprint density at radius 3 is 2.62 bits per heavy atom. The van der Waals surface area contributed by atoms with E-state index < -0.39 is 5.60 Å². The number of esters is 1. The summed E-state index contributed by atoms with van der Waals surface area (Å²) in [5.74, 6) is -0.362. The molecule has 0 saturated heterocycles. The van der Waals surface area contributed by atoms with E-state index in [1.807, 2.05) is 0 Å². The lowest BCUT2D eigenvalue weighted by Crippen LogP contribution is -2.29. The lowest BCUT2D eigenvalue weighted by Gasteiger charge is -2.35. The standard InChI is InChI=1S/C21H32O3/c1-14-15(2)17-8-7-10-20(3,4)18(17)12-16(14)9-11-21(5,23)13-19(22)24-6/h12,23H,7-11,13H2,1-6H3. The lowest BCUT2D eigenvalue weighted by molar-refractivity contribution is -0.145. The molecule has 24 heavy (non-hydrogen) atoms. The van der Waals surface area contributed by atoms with Crippen LogP contribution in [0.2, 0.25) is 0 Å². The molecule has 0 radical (unpaired) electrons. The van der Waals surface area contributed by atoms with Crippen molar-refractivity contribution in [3.05, 3.63) is 33.9 Å². The molecular weight excluding hydrogens is 300 g/mol. The normalized spacial score (nSPS) is 18.6. The molecule has 1 N–H and O–H groups in total. The molecular formula is C21H32O3. The molecule has 0 saturated carbocycles. The van der Waals surface area contributed by atoms with Crippen LogP contribution in [0.4, 0.5) is 0 Å². The maximum atomic E-state index is 11.5. The monoisotopic (exact) mass is 332 g/mol. The predicted molar refractivity (Wildman–Crippen MR) is 97.5 cm³/mol. The van der Waals surface area contributed by atoms with Gasteiger partial charge >= 0.3 is 5.97 Å². The zero-order chi connectivity index (χ0) is 18.1. The molecule has 1 aliphatic carbocycles. The third-order valence-corrected chi connectivity index (χ3v) is 5.78. The zero-order valence-corrected chi connectivity index (χ0v) is 16.1. The topological polar surface area (TPSA) is 46.5 Å². The van der Waals surface area contributed by atoms with E-state index in [1.165, 1.54) is 54.2 Å². The smallest absolute Gasteiger partial charge is 0.308 e. The van der Waals surface area contributed by atoms with Crippen molar-refractivity contribution in [1.82, 2.24) is 0 Å². The molecule has 0 amide bonds. The molecule has 1 aromatic rings. The molecule has 0 spiro atoms. The highest BCUT2D eigenvalue weighted by Crippen LogP contribution is 2.40. The third kappa shape index (κ3) is 4.00. The Bertz CT molecular complexity index is 626. The van der Waals surface area contributed by atoms with Gasteiger partial charge in [0.25, 0.3) is 0 Å². The van der Waals surface area contributed by atoms with E-state index >= 15 is 0 Å². The highest BCUT2D eigenvalue weighted by Gasteiger charge is 2.30. The van der Waals surface area contributed by atoms with Gasteiger partial charge in [0.1, 0.15) is 0 Å². The lowest BCUT2D eigenvalue weighted by atomic mass is 9.70. The van der Waals surface area contributed by atoms with Gasteiger partial charge in [-0.25, -0.2) is 0 Å². The van der Waals surface area contributed by atoms with Gasteiger partial charge in [0.05, 0.1) is 19.1 Å². The van der Waals surface area contributed by atoms with E-state index in [1.54, 1.807) is 6.92 Å². The fraction of sp³-hybridized carbons (Fsp3) is 0.667. The van der Waals surface area contributed by atoms with Crippen molar-refractivity contribution < 1.29 is 14.6 Å². The SMILES string of the molecule is COC(=O)CC(C)(O)CCc1cc2c(c(C)c1C)CCCC2(C)C. The first-order chi connectivity index (χ1) is 11.1. The quantitative estimate of drug-likeness (QED) is 0.823. The summed E-state index contributed by atoms with van der Waals surface area (Å²) in [6, 6.07) is 2.35. The molecule has 0 heterocycles. The maximum Gasteiger partial charge on any atom is 0.308 e. The Morgan fingerprint density at radius 1 is 1.33 bits per heavy atom. The molecule has 3 nitrogen and oxygen atoms in total. The number of benzene rings is 1. The van der Waals surface area contributed by atoms with Gasteiger partial charge in [-0.2, -0.15) is 0 Å². The Balaban J connectivity index is 2.26. The van der Waals surface area contributed by atoms with Crippen LogP contribution < -0.4 is 0 Å². The molecule has 0 aromatic heterocycles. The summed E-state index contributed by atoms with van der Waals surface area (Å²) < 4.78 is 4.68. The van der Waals surface area contributed by atoms with E-state index in [2.05, 4.69) is 38.5 Å². The number of aryl methyl sites for hydroxylation is 1. The fourth-order valence-corrected chi connectivity index (χ4v) is 3.94. The van der Waals surface area contributed by atoms with Crippen molar-refractivity contribution in [1.29, 1.82) is 0 Å². The minimum absolute atomic E-state index is 0.0396. The Labute approximate surface area is 146 Å². The molecule has 1 aromatic carbocycles. The van der Waals surface area contributed by atoms with Crippen LogP contribution in [0.3, 0.4) is 0 Å². The van der Waals surface area contributed by atoms with Crippen molar-refractivity contribution >= 4 is 5.97 Å². The van der Waals surface area contributed by atoms with Crippen LogP contribution >= 0.6 is 0 Å². The van der Waals surface area contributed by atoms with Gasteiger partial charge in [-0.1, -0.05) is 19.9 Å². The second-order valence-corrected chi connectivity index (χ2v) is 8.30. The van der Waals surface area contributed by atoms with Crippen molar-refractivity contribution in [3.8, 4) is 0 Å². The van der Waals surface area contributed by atoms with Crippen LogP contribution in [-0.4, -0.2) is 23.8 Å². The maximum absolute atomic E-state index is 11.5. The Kier molecular flexibility index (Phi) is 5.44. The highest BCUT2D eigenvalue weighted by atomic mass is 16.5. The highest BCUT2D eigenvalue weighted by molar-refractivity contribution is 5.70. The number of hydrogen-bond acceptors (Lipinski definition) is 3. The van der Waals surface area contributed by atoms with Crippen molar-refractivity contribution in [3.63, 3.8) is 0 Å². The molecule has 1 aliphatic rings. The molecule has 0 fully saturated rings. The molecule has 1 atom stereocenters. The summed E-state index contributed by atoms with van der Waals surface area (Å²) in [5, 5.41) is 10.5. The van der Waals surface area contributed by atoms with Gasteiger partial charge in [-0.15, -0.1) is 0 Å². The number of carbonyl (C=O) groups excluding carboxylic acids is 1. The van der Waals surface area contributed by atoms with Gasteiger partial charge in [-0.05, 0) is 86.1 Å². The summed E-state index contributed by atoms with van der Waals surface area (Å²) in [7, 11) is 1.36. The number of fused-ring (bicyclic) bond motifs is 1. The summed E-state index contributed by atoms with van der Waals surface area (Å²) in [6.07, 6.45) is 5.03. The second kappa shape index (κ2) is 6.87. The largest absolute Gasteiger partial charge is 0.469 e. The first kappa shape index (κ1) is 19.0. The second-order valence-electron chi connectivity index (χ2n) is 8.30. The van der Waals surface area contributed by atoms with Gasteiger partial charge in [0.2, 0.25) is 0 Å². The van der Waals surface area contributed by atoms with Gasteiger partial charge in [0.15, 0.2) is 0 Å². The number of rotatable bonds is 5. The fourth-order valence-electron chi connectivity index (χ4n) is 3.94. The molecule has 3 heteroatoms. The molecule has 1 unspecified atom stereocenters. The molecule has 134 valence electrons. The van der Waals surface area contributed by atoms with Crippen LogP contribution in [0.15, 0.2) is 6.07 Å². The Hall–Kier alpha value is -1.35. The summed E-state index contributed by atoms with van der Waals surface area (Å²) in [6.45, 7) is 10.8. The predicted octanol–water partition coefficient (Wildman–Crippen LogP) is 4.16. The van der Waals surface area contributed by atoms with Crippen LogP contribution in [0.25, 0.3) is 0 Å². The van der Waals surface area contributed by atoms with Gasteiger partial charge in [0, 0.05) is 0 Å². The van der Waals surface area contributed by atoms with Crippen LogP contribution in [-0.2, 0) is 27.8 Å². The number of aliphatic hydroxyl groups is 1. The van der Waals surface area contributed by atoms with Crippen molar-refractivity contribution in [2.75, 3.05) is 7.11 Å². The van der Waals surface area contributed by atoms with Crippen LogP contribution in [0.1, 0.15) is 74.3 Å². The van der Waals surface area contributed by atoms with Crippen LogP contribution in [0, 0.1) is 13.8 Å². The molecule has 2 rings (SSSR count). The van der Waals surface area contributed by atoms with Crippen molar-refractivity contribution in [2.24, 2.45) is 0 Å². The summed E-state index contributed by atoms with van der Waals surface area (Å²) >= 11 is 0.